The van der Waals surface area contributed by atoms with Crippen molar-refractivity contribution in [2.45, 2.75) is 31.6 Å². The van der Waals surface area contributed by atoms with Gasteiger partial charge in [0.15, 0.2) is 11.5 Å². The van der Waals surface area contributed by atoms with Crippen LogP contribution in [0, 0.1) is 5.92 Å². The molecule has 1 aliphatic heterocycles. The molecular weight excluding hydrogens is 494 g/mol. The van der Waals surface area contributed by atoms with Crippen molar-refractivity contribution in [1.82, 2.24) is 9.21 Å². The lowest BCUT2D eigenvalue weighted by molar-refractivity contribution is -0.135. The van der Waals surface area contributed by atoms with Crippen LogP contribution in [0.25, 0.3) is 0 Å². The number of carbonyl (C=O) groups is 1. The van der Waals surface area contributed by atoms with Crippen molar-refractivity contribution in [1.29, 1.82) is 0 Å². The SMILES string of the molecule is CC[C@@H](C)C(=O)N1CCN(c2cc(S(=O)(=O)N(C)CCc3ccc(OC)c(OC)c3)ccc2OC)CC1. The third-order valence-electron chi connectivity index (χ3n) is 6.99. The number of rotatable bonds is 11. The van der Waals surface area contributed by atoms with Gasteiger partial charge in [0.2, 0.25) is 15.9 Å². The van der Waals surface area contributed by atoms with Gasteiger partial charge in [0.1, 0.15) is 5.75 Å². The first-order chi connectivity index (χ1) is 17.7. The maximum absolute atomic E-state index is 13.4. The molecule has 1 aliphatic rings. The van der Waals surface area contributed by atoms with Gasteiger partial charge < -0.3 is 24.0 Å². The van der Waals surface area contributed by atoms with Crippen LogP contribution in [-0.4, -0.2) is 84.6 Å². The molecule has 0 radical (unpaired) electrons. The van der Waals surface area contributed by atoms with Crippen LogP contribution in [0.4, 0.5) is 5.69 Å². The molecule has 10 heteroatoms. The first-order valence-corrected chi connectivity index (χ1v) is 14.0. The van der Waals surface area contributed by atoms with E-state index >= 15 is 0 Å². The number of nitrogens with zero attached hydrogens (tertiary/aromatic N) is 3. The largest absolute Gasteiger partial charge is 0.495 e. The first kappa shape index (κ1) is 28.6. The van der Waals surface area contributed by atoms with Gasteiger partial charge >= 0.3 is 0 Å². The molecule has 0 unspecified atom stereocenters. The molecule has 1 saturated heterocycles. The Morgan fingerprint density at radius 2 is 1.57 bits per heavy atom. The van der Waals surface area contributed by atoms with Crippen LogP contribution in [0.15, 0.2) is 41.3 Å². The average molecular weight is 534 g/mol. The number of amides is 1. The summed E-state index contributed by atoms with van der Waals surface area (Å²) in [5, 5.41) is 0. The second kappa shape index (κ2) is 12.5. The third-order valence-corrected chi connectivity index (χ3v) is 8.84. The second-order valence-corrected chi connectivity index (χ2v) is 11.3. The average Bonchev–Trinajstić information content (AvgIpc) is 2.94. The summed E-state index contributed by atoms with van der Waals surface area (Å²) in [4.78, 5) is 16.8. The molecule has 1 heterocycles. The third kappa shape index (κ3) is 6.48. The van der Waals surface area contributed by atoms with Crippen molar-refractivity contribution in [3.63, 3.8) is 0 Å². The molecule has 204 valence electrons. The van der Waals surface area contributed by atoms with Crippen LogP contribution >= 0.6 is 0 Å². The summed E-state index contributed by atoms with van der Waals surface area (Å²) >= 11 is 0. The maximum atomic E-state index is 13.4. The lowest BCUT2D eigenvalue weighted by atomic mass is 10.1. The zero-order chi connectivity index (χ0) is 27.2. The summed E-state index contributed by atoms with van der Waals surface area (Å²) in [5.41, 5.74) is 1.66. The Morgan fingerprint density at radius 1 is 0.946 bits per heavy atom. The number of anilines is 1. The van der Waals surface area contributed by atoms with Crippen LogP contribution in [-0.2, 0) is 21.2 Å². The summed E-state index contributed by atoms with van der Waals surface area (Å²) < 4.78 is 44.4. The van der Waals surface area contributed by atoms with Crippen LogP contribution in [0.2, 0.25) is 0 Å². The van der Waals surface area contributed by atoms with Crippen LogP contribution in [0.1, 0.15) is 25.8 Å². The molecule has 0 aromatic heterocycles. The highest BCUT2D eigenvalue weighted by Crippen LogP contribution is 2.33. The smallest absolute Gasteiger partial charge is 0.242 e. The number of hydrogen-bond acceptors (Lipinski definition) is 7. The summed E-state index contributed by atoms with van der Waals surface area (Å²) in [7, 11) is 2.57. The van der Waals surface area contributed by atoms with Gasteiger partial charge in [-0.1, -0.05) is 19.9 Å². The molecule has 2 aromatic rings. The van der Waals surface area contributed by atoms with Gasteiger partial charge in [0.25, 0.3) is 0 Å². The Balaban J connectivity index is 1.74. The molecule has 37 heavy (non-hydrogen) atoms. The number of likely N-dealkylation sites (N-methyl/N-ethyl adjacent to an activating group) is 1. The van der Waals surface area contributed by atoms with Gasteiger partial charge in [0.05, 0.1) is 31.9 Å². The highest BCUT2D eigenvalue weighted by molar-refractivity contribution is 7.89. The highest BCUT2D eigenvalue weighted by atomic mass is 32.2. The standard InChI is InChI=1S/C27H39N3O6S/c1-7-20(2)27(31)30-16-14-29(15-17-30)23-19-22(9-11-24(23)34-4)37(32,33)28(3)13-12-21-8-10-25(35-5)26(18-21)36-6/h8-11,18-20H,7,12-17H2,1-6H3/t20-/m1/s1. The van der Waals surface area contributed by atoms with E-state index in [9.17, 15) is 13.2 Å². The van der Waals surface area contributed by atoms with Gasteiger partial charge in [0, 0.05) is 45.7 Å². The normalized spacial score (nSPS) is 15.0. The molecule has 1 amide bonds. The van der Waals surface area contributed by atoms with Crippen LogP contribution in [0.3, 0.4) is 0 Å². The number of piperazine rings is 1. The van der Waals surface area contributed by atoms with Crippen LogP contribution in [0.5, 0.6) is 17.2 Å². The summed E-state index contributed by atoms with van der Waals surface area (Å²) in [6.45, 7) is 6.67. The fourth-order valence-corrected chi connectivity index (χ4v) is 5.55. The van der Waals surface area contributed by atoms with E-state index in [-0.39, 0.29) is 16.7 Å². The topological polar surface area (TPSA) is 88.6 Å². The molecule has 2 aromatic carbocycles. The van der Waals surface area contributed by atoms with Gasteiger partial charge in [-0.2, -0.15) is 0 Å². The van der Waals surface area contributed by atoms with E-state index in [1.165, 1.54) is 4.31 Å². The Hall–Kier alpha value is -2.98. The lowest BCUT2D eigenvalue weighted by Crippen LogP contribution is -2.50. The van der Waals surface area contributed by atoms with Gasteiger partial charge in [-0.3, -0.25) is 4.79 Å². The first-order valence-electron chi connectivity index (χ1n) is 12.5. The van der Waals surface area contributed by atoms with Crippen LogP contribution < -0.4 is 19.1 Å². The van der Waals surface area contributed by atoms with E-state index in [1.807, 2.05) is 36.9 Å². The molecule has 0 spiro atoms. The fourth-order valence-electron chi connectivity index (χ4n) is 4.35. The predicted octanol–water partition coefficient (Wildman–Crippen LogP) is 3.27. The zero-order valence-corrected chi connectivity index (χ0v) is 23.5. The molecule has 1 atom stereocenters. The molecule has 0 aliphatic carbocycles. The Morgan fingerprint density at radius 3 is 2.16 bits per heavy atom. The van der Waals surface area contributed by atoms with Gasteiger partial charge in [-0.25, -0.2) is 12.7 Å². The number of hydrogen-bond donors (Lipinski definition) is 0. The second-order valence-electron chi connectivity index (χ2n) is 9.22. The van der Waals surface area contributed by atoms with Crippen molar-refractivity contribution < 1.29 is 27.4 Å². The maximum Gasteiger partial charge on any atom is 0.242 e. The Labute approximate surface area is 220 Å². The van der Waals surface area contributed by atoms with Gasteiger partial charge in [-0.15, -0.1) is 0 Å². The number of ether oxygens (including phenoxy) is 3. The fraction of sp³-hybridized carbons (Fsp3) is 0.519. The van der Waals surface area contributed by atoms with Crippen molar-refractivity contribution in [3.05, 3.63) is 42.0 Å². The van der Waals surface area contributed by atoms with E-state index in [1.54, 1.807) is 46.6 Å². The van der Waals surface area contributed by atoms with Crippen molar-refractivity contribution in [3.8, 4) is 17.2 Å². The van der Waals surface area contributed by atoms with E-state index in [0.717, 1.165) is 12.0 Å². The lowest BCUT2D eigenvalue weighted by Gasteiger charge is -2.37. The minimum Gasteiger partial charge on any atom is -0.495 e. The zero-order valence-electron chi connectivity index (χ0n) is 22.7. The number of methoxy groups -OCH3 is 3. The molecule has 1 fully saturated rings. The van der Waals surface area contributed by atoms with Crippen molar-refractivity contribution in [2.24, 2.45) is 5.92 Å². The molecule has 9 nitrogen and oxygen atoms in total. The highest BCUT2D eigenvalue weighted by Gasteiger charge is 2.28. The molecule has 0 bridgehead atoms. The summed E-state index contributed by atoms with van der Waals surface area (Å²) in [5.74, 6) is 2.01. The minimum absolute atomic E-state index is 0.00379. The number of sulfonamides is 1. The van der Waals surface area contributed by atoms with E-state index < -0.39 is 10.0 Å². The molecular formula is C27H39N3O6S. The Kier molecular flexibility index (Phi) is 9.67. The van der Waals surface area contributed by atoms with E-state index in [2.05, 4.69) is 4.90 Å². The van der Waals surface area contributed by atoms with Crippen molar-refractivity contribution >= 4 is 21.6 Å². The van der Waals surface area contributed by atoms with Crippen molar-refractivity contribution in [2.75, 3.05) is 66.0 Å². The quantitative estimate of drug-likeness (QED) is 0.438. The van der Waals surface area contributed by atoms with E-state index in [0.29, 0.717) is 62.1 Å². The molecule has 3 rings (SSSR count). The number of carbonyl (C=O) groups excluding carboxylic acids is 1. The van der Waals surface area contributed by atoms with Gasteiger partial charge in [-0.05, 0) is 48.7 Å². The Bertz CT molecular complexity index is 1180. The van der Waals surface area contributed by atoms with E-state index in [4.69, 9.17) is 14.2 Å². The molecule has 0 N–H and O–H groups in total. The minimum atomic E-state index is -3.73. The summed E-state index contributed by atoms with van der Waals surface area (Å²) in [6.07, 6.45) is 1.33. The molecule has 0 saturated carbocycles. The predicted molar refractivity (Wildman–Crippen MR) is 144 cm³/mol. The number of benzene rings is 2. The summed E-state index contributed by atoms with van der Waals surface area (Å²) in [6, 6.07) is 10.5. The monoisotopic (exact) mass is 533 g/mol.